The van der Waals surface area contributed by atoms with Crippen molar-refractivity contribution in [2.75, 3.05) is 12.4 Å². The lowest BCUT2D eigenvalue weighted by atomic mass is 10.2. The van der Waals surface area contributed by atoms with Gasteiger partial charge in [-0.05, 0) is 24.3 Å². The summed E-state index contributed by atoms with van der Waals surface area (Å²) in [4.78, 5) is 0. The fourth-order valence-electron chi connectivity index (χ4n) is 0.999. The molecule has 0 saturated heterocycles. The average molecular weight is 289 g/mol. The van der Waals surface area contributed by atoms with Crippen LogP contribution >= 0.6 is 10.7 Å². The van der Waals surface area contributed by atoms with Gasteiger partial charge in [-0.1, -0.05) is 0 Å². The molecule has 3 nitrogen and oxygen atoms in total. The lowest BCUT2D eigenvalue weighted by molar-refractivity contribution is -0.137. The van der Waals surface area contributed by atoms with Crippen LogP contribution in [0.5, 0.6) is 5.75 Å². The molecule has 0 saturated carbocycles. The highest BCUT2D eigenvalue weighted by atomic mass is 35.7. The van der Waals surface area contributed by atoms with Crippen LogP contribution in [0.2, 0.25) is 0 Å². The van der Waals surface area contributed by atoms with Crippen molar-refractivity contribution in [3.63, 3.8) is 0 Å². The molecule has 0 heterocycles. The zero-order chi connectivity index (χ0) is 13.1. The van der Waals surface area contributed by atoms with E-state index in [1.165, 1.54) is 0 Å². The highest BCUT2D eigenvalue weighted by Crippen LogP contribution is 2.30. The number of alkyl halides is 3. The second-order valence-corrected chi connectivity index (χ2v) is 6.01. The SMILES string of the molecule is O=S(=O)(Cl)CCOc1ccc(C(F)(F)F)cc1. The van der Waals surface area contributed by atoms with Gasteiger partial charge in [0.15, 0.2) is 0 Å². The minimum absolute atomic E-state index is 0.151. The Hall–Kier alpha value is -0.950. The van der Waals surface area contributed by atoms with Gasteiger partial charge in [0, 0.05) is 10.7 Å². The molecule has 0 amide bonds. The Kier molecular flexibility index (Phi) is 4.26. The minimum atomic E-state index is -4.40. The molecule has 0 unspecified atom stereocenters. The van der Waals surface area contributed by atoms with E-state index in [1.807, 2.05) is 0 Å². The maximum Gasteiger partial charge on any atom is 0.416 e. The van der Waals surface area contributed by atoms with Crippen molar-refractivity contribution in [3.05, 3.63) is 29.8 Å². The van der Waals surface area contributed by atoms with E-state index in [1.54, 1.807) is 0 Å². The number of halogens is 4. The molecular formula is C9H8ClF3O3S. The van der Waals surface area contributed by atoms with Crippen molar-refractivity contribution in [1.29, 1.82) is 0 Å². The molecule has 0 N–H and O–H groups in total. The number of ether oxygens (including phenoxy) is 1. The molecule has 1 aromatic carbocycles. The van der Waals surface area contributed by atoms with Crippen LogP contribution in [0.3, 0.4) is 0 Å². The molecule has 0 fully saturated rings. The van der Waals surface area contributed by atoms with Crippen molar-refractivity contribution in [3.8, 4) is 5.75 Å². The topological polar surface area (TPSA) is 43.4 Å². The first-order valence-electron chi connectivity index (χ1n) is 4.41. The van der Waals surface area contributed by atoms with E-state index in [-0.39, 0.29) is 12.4 Å². The van der Waals surface area contributed by atoms with E-state index in [0.717, 1.165) is 24.3 Å². The monoisotopic (exact) mass is 288 g/mol. The van der Waals surface area contributed by atoms with Gasteiger partial charge in [0.25, 0.3) is 0 Å². The van der Waals surface area contributed by atoms with Gasteiger partial charge in [-0.25, -0.2) is 8.42 Å². The molecule has 0 aliphatic carbocycles. The number of benzene rings is 1. The van der Waals surface area contributed by atoms with E-state index >= 15 is 0 Å². The number of hydrogen-bond acceptors (Lipinski definition) is 3. The average Bonchev–Trinajstić information content (AvgIpc) is 2.15. The van der Waals surface area contributed by atoms with Crippen LogP contribution in [0.1, 0.15) is 5.56 Å². The summed E-state index contributed by atoms with van der Waals surface area (Å²) in [5.74, 6) is -0.256. The summed E-state index contributed by atoms with van der Waals surface area (Å²) < 4.78 is 62.6. The van der Waals surface area contributed by atoms with Crippen LogP contribution in [0.25, 0.3) is 0 Å². The van der Waals surface area contributed by atoms with E-state index in [0.29, 0.717) is 0 Å². The van der Waals surface area contributed by atoms with Crippen LogP contribution < -0.4 is 4.74 Å². The summed E-state index contributed by atoms with van der Waals surface area (Å²) in [7, 11) is 1.27. The summed E-state index contributed by atoms with van der Waals surface area (Å²) in [5.41, 5.74) is -0.796. The Morgan fingerprint density at radius 2 is 1.71 bits per heavy atom. The summed E-state index contributed by atoms with van der Waals surface area (Å²) in [5, 5.41) is 0. The fraction of sp³-hybridized carbons (Fsp3) is 0.333. The lowest BCUT2D eigenvalue weighted by Gasteiger charge is -2.08. The first kappa shape index (κ1) is 14.1. The lowest BCUT2D eigenvalue weighted by Crippen LogP contribution is -2.09. The predicted molar refractivity (Wildman–Crippen MR) is 56.6 cm³/mol. The van der Waals surface area contributed by atoms with Gasteiger partial charge >= 0.3 is 6.18 Å². The van der Waals surface area contributed by atoms with Gasteiger partial charge < -0.3 is 4.74 Å². The standard InChI is InChI=1S/C9H8ClF3O3S/c10-17(14,15)6-5-16-8-3-1-7(2-4-8)9(11,12)13/h1-4H,5-6H2. The molecule has 0 aliphatic heterocycles. The van der Waals surface area contributed by atoms with Gasteiger partial charge in [-0.15, -0.1) is 0 Å². The molecule has 17 heavy (non-hydrogen) atoms. The zero-order valence-corrected chi connectivity index (χ0v) is 9.94. The maximum absolute atomic E-state index is 12.2. The molecule has 0 bridgehead atoms. The molecule has 0 spiro atoms. The summed E-state index contributed by atoms with van der Waals surface area (Å²) >= 11 is 0. The Labute approximate surface area is 101 Å². The third-order valence-corrected chi connectivity index (χ3v) is 2.89. The third-order valence-electron chi connectivity index (χ3n) is 1.78. The molecule has 0 aliphatic rings. The van der Waals surface area contributed by atoms with Gasteiger partial charge in [0.05, 0.1) is 11.3 Å². The van der Waals surface area contributed by atoms with E-state index in [9.17, 15) is 21.6 Å². The Balaban J connectivity index is 2.58. The van der Waals surface area contributed by atoms with Crippen LogP contribution in [0.15, 0.2) is 24.3 Å². The van der Waals surface area contributed by atoms with Crippen LogP contribution in [0.4, 0.5) is 13.2 Å². The second kappa shape index (κ2) is 5.14. The highest BCUT2D eigenvalue weighted by Gasteiger charge is 2.29. The smallest absolute Gasteiger partial charge is 0.416 e. The predicted octanol–water partition coefficient (Wildman–Crippen LogP) is 2.65. The molecule has 1 aromatic rings. The highest BCUT2D eigenvalue weighted by molar-refractivity contribution is 8.13. The molecule has 96 valence electrons. The molecule has 1 rings (SSSR count). The largest absolute Gasteiger partial charge is 0.492 e. The fourth-order valence-corrected chi connectivity index (χ4v) is 1.47. The van der Waals surface area contributed by atoms with Gasteiger partial charge in [-0.2, -0.15) is 13.2 Å². The Morgan fingerprint density at radius 3 is 2.12 bits per heavy atom. The normalized spacial score (nSPS) is 12.5. The summed E-state index contributed by atoms with van der Waals surface area (Å²) in [6.45, 7) is -0.211. The first-order valence-corrected chi connectivity index (χ1v) is 6.89. The second-order valence-electron chi connectivity index (χ2n) is 3.11. The minimum Gasteiger partial charge on any atom is -0.492 e. The van der Waals surface area contributed by atoms with Crippen molar-refractivity contribution in [1.82, 2.24) is 0 Å². The third kappa shape index (κ3) is 5.27. The maximum atomic E-state index is 12.2. The van der Waals surface area contributed by atoms with Crippen molar-refractivity contribution in [2.24, 2.45) is 0 Å². The van der Waals surface area contributed by atoms with Crippen molar-refractivity contribution >= 4 is 19.7 Å². The Morgan fingerprint density at radius 1 is 1.18 bits per heavy atom. The number of hydrogen-bond donors (Lipinski definition) is 0. The molecule has 0 radical (unpaired) electrons. The quantitative estimate of drug-likeness (QED) is 0.800. The molecule has 0 atom stereocenters. The van der Waals surface area contributed by atoms with Gasteiger partial charge in [0.1, 0.15) is 12.4 Å². The van der Waals surface area contributed by atoms with Crippen molar-refractivity contribution in [2.45, 2.75) is 6.18 Å². The van der Waals surface area contributed by atoms with Crippen LogP contribution in [-0.4, -0.2) is 20.8 Å². The van der Waals surface area contributed by atoms with Crippen molar-refractivity contribution < 1.29 is 26.3 Å². The summed E-state index contributed by atoms with van der Waals surface area (Å²) in [6.07, 6.45) is -4.40. The summed E-state index contributed by atoms with van der Waals surface area (Å²) in [6, 6.07) is 3.93. The first-order chi connectivity index (χ1) is 7.68. The molecular weight excluding hydrogens is 281 g/mol. The number of rotatable bonds is 4. The van der Waals surface area contributed by atoms with Gasteiger partial charge in [0.2, 0.25) is 9.05 Å². The zero-order valence-electron chi connectivity index (χ0n) is 8.37. The van der Waals surface area contributed by atoms with Crippen LogP contribution in [0, 0.1) is 0 Å². The van der Waals surface area contributed by atoms with E-state index in [2.05, 4.69) is 0 Å². The van der Waals surface area contributed by atoms with E-state index < -0.39 is 26.5 Å². The van der Waals surface area contributed by atoms with Crippen LogP contribution in [-0.2, 0) is 15.2 Å². The molecule has 8 heteroatoms. The Bertz CT molecular complexity index is 467. The molecule has 0 aromatic heterocycles. The van der Waals surface area contributed by atoms with Gasteiger partial charge in [-0.3, -0.25) is 0 Å². The van der Waals surface area contributed by atoms with E-state index in [4.69, 9.17) is 15.4 Å².